The number of sulfonamides is 1. The van der Waals surface area contributed by atoms with Crippen molar-refractivity contribution in [3.8, 4) is 5.75 Å². The third-order valence-electron chi connectivity index (χ3n) is 3.90. The van der Waals surface area contributed by atoms with E-state index in [0.29, 0.717) is 17.1 Å². The van der Waals surface area contributed by atoms with E-state index in [2.05, 4.69) is 30.8 Å². The highest BCUT2D eigenvalue weighted by Crippen LogP contribution is 2.31. The van der Waals surface area contributed by atoms with Gasteiger partial charge >= 0.3 is 0 Å². The molecule has 2 N–H and O–H groups in total. The van der Waals surface area contributed by atoms with Crippen LogP contribution in [0.4, 0.5) is 11.4 Å². The van der Waals surface area contributed by atoms with Gasteiger partial charge in [-0.3, -0.25) is 9.52 Å². The van der Waals surface area contributed by atoms with Gasteiger partial charge in [-0.15, -0.1) is 0 Å². The van der Waals surface area contributed by atoms with E-state index in [0.717, 1.165) is 5.56 Å². The lowest BCUT2D eigenvalue weighted by Gasteiger charge is -2.20. The Morgan fingerprint density at radius 3 is 2.40 bits per heavy atom. The van der Waals surface area contributed by atoms with E-state index in [1.54, 1.807) is 24.3 Å². The molecule has 132 valence electrons. The fourth-order valence-electron chi connectivity index (χ4n) is 2.49. The zero-order chi connectivity index (χ0) is 18.2. The molecule has 1 amide bonds. The Hall–Kier alpha value is -2.54. The molecule has 3 rings (SSSR count). The quantitative estimate of drug-likeness (QED) is 0.881. The molecular weight excluding hydrogens is 340 g/mol. The highest BCUT2D eigenvalue weighted by molar-refractivity contribution is 7.92. The first-order valence-electron chi connectivity index (χ1n) is 7.85. The molecule has 0 aromatic heterocycles. The van der Waals surface area contributed by atoms with Gasteiger partial charge in [0.1, 0.15) is 5.75 Å². The maximum atomic E-state index is 12.6. The molecule has 6 nitrogen and oxygen atoms in total. The van der Waals surface area contributed by atoms with Gasteiger partial charge in [0.25, 0.3) is 15.9 Å². The van der Waals surface area contributed by atoms with Crippen LogP contribution in [0.5, 0.6) is 5.75 Å². The summed E-state index contributed by atoms with van der Waals surface area (Å²) in [4.78, 5) is 11.6. The Balaban J connectivity index is 1.84. The molecule has 0 saturated heterocycles. The summed E-state index contributed by atoms with van der Waals surface area (Å²) in [5, 5.41) is 2.65. The summed E-state index contributed by atoms with van der Waals surface area (Å²) in [5.41, 5.74) is 1.80. The summed E-state index contributed by atoms with van der Waals surface area (Å²) in [6, 6.07) is 11.6. The average molecular weight is 360 g/mol. The molecule has 2 aromatic carbocycles. The van der Waals surface area contributed by atoms with E-state index in [9.17, 15) is 13.2 Å². The van der Waals surface area contributed by atoms with Gasteiger partial charge < -0.3 is 10.1 Å². The fraction of sp³-hybridized carbons (Fsp3) is 0.278. The predicted octanol–water partition coefficient (Wildman–Crippen LogP) is 3.12. The standard InChI is InChI=1S/C18H20N2O4S/c1-18(2,3)12-4-7-14(8-5-12)25(22,23)20-13-6-9-16-15(10-13)19-17(21)11-24-16/h4-10,20H,11H2,1-3H3,(H,19,21). The van der Waals surface area contributed by atoms with Crippen LogP contribution in [0.25, 0.3) is 0 Å². The number of ether oxygens (including phenoxy) is 1. The number of amides is 1. The predicted molar refractivity (Wildman–Crippen MR) is 96.5 cm³/mol. The van der Waals surface area contributed by atoms with Crippen LogP contribution in [0.15, 0.2) is 47.4 Å². The SMILES string of the molecule is CC(C)(C)c1ccc(S(=O)(=O)Nc2ccc3c(c2)NC(=O)CO3)cc1. The van der Waals surface area contributed by atoms with Crippen molar-refractivity contribution in [1.29, 1.82) is 0 Å². The molecule has 0 atom stereocenters. The van der Waals surface area contributed by atoms with Crippen LogP contribution >= 0.6 is 0 Å². The van der Waals surface area contributed by atoms with Crippen molar-refractivity contribution < 1.29 is 17.9 Å². The first-order chi connectivity index (χ1) is 11.6. The molecule has 1 heterocycles. The second kappa shape index (κ2) is 6.07. The number of hydrogen-bond acceptors (Lipinski definition) is 4. The van der Waals surface area contributed by atoms with Gasteiger partial charge in [0.2, 0.25) is 0 Å². The number of carbonyl (C=O) groups excluding carboxylic acids is 1. The molecule has 0 radical (unpaired) electrons. The number of carbonyl (C=O) groups is 1. The average Bonchev–Trinajstić information content (AvgIpc) is 2.53. The summed E-state index contributed by atoms with van der Waals surface area (Å²) >= 11 is 0. The van der Waals surface area contributed by atoms with Crippen molar-refractivity contribution in [2.24, 2.45) is 0 Å². The molecule has 2 aromatic rings. The smallest absolute Gasteiger partial charge is 0.262 e. The van der Waals surface area contributed by atoms with E-state index in [4.69, 9.17) is 4.74 Å². The Morgan fingerprint density at radius 1 is 1.08 bits per heavy atom. The number of fused-ring (bicyclic) bond motifs is 1. The molecule has 0 saturated carbocycles. The number of nitrogens with one attached hydrogen (secondary N) is 2. The van der Waals surface area contributed by atoms with E-state index in [-0.39, 0.29) is 22.8 Å². The van der Waals surface area contributed by atoms with Gasteiger partial charge in [-0.25, -0.2) is 8.42 Å². The number of rotatable bonds is 3. The first-order valence-corrected chi connectivity index (χ1v) is 9.33. The van der Waals surface area contributed by atoms with Gasteiger partial charge in [-0.2, -0.15) is 0 Å². The molecule has 7 heteroatoms. The minimum atomic E-state index is -3.72. The van der Waals surface area contributed by atoms with Crippen molar-refractivity contribution in [2.45, 2.75) is 31.1 Å². The maximum absolute atomic E-state index is 12.6. The van der Waals surface area contributed by atoms with Crippen molar-refractivity contribution in [3.05, 3.63) is 48.0 Å². The van der Waals surface area contributed by atoms with Crippen LogP contribution in [0.3, 0.4) is 0 Å². The number of anilines is 2. The summed E-state index contributed by atoms with van der Waals surface area (Å²) in [7, 11) is -3.72. The van der Waals surface area contributed by atoms with Gasteiger partial charge in [-0.05, 0) is 41.3 Å². The van der Waals surface area contributed by atoms with Gasteiger partial charge in [0.05, 0.1) is 16.3 Å². The molecule has 0 spiro atoms. The minimum absolute atomic E-state index is 0.0435. The molecular formula is C18H20N2O4S. The van der Waals surface area contributed by atoms with Gasteiger partial charge in [-0.1, -0.05) is 32.9 Å². The van der Waals surface area contributed by atoms with Crippen LogP contribution in [-0.2, 0) is 20.2 Å². The van der Waals surface area contributed by atoms with Crippen molar-refractivity contribution >= 4 is 27.3 Å². The summed E-state index contributed by atoms with van der Waals surface area (Å²) in [6.07, 6.45) is 0. The van der Waals surface area contributed by atoms with Crippen LogP contribution in [-0.4, -0.2) is 20.9 Å². The van der Waals surface area contributed by atoms with Crippen molar-refractivity contribution in [1.82, 2.24) is 0 Å². The Kier molecular flexibility index (Phi) is 4.20. The van der Waals surface area contributed by atoms with Crippen LogP contribution in [0, 0.1) is 0 Å². The molecule has 0 fully saturated rings. The molecule has 25 heavy (non-hydrogen) atoms. The first kappa shape index (κ1) is 17.3. The number of hydrogen-bond donors (Lipinski definition) is 2. The lowest BCUT2D eigenvalue weighted by atomic mass is 9.87. The monoisotopic (exact) mass is 360 g/mol. The second-order valence-corrected chi connectivity index (χ2v) is 8.61. The lowest BCUT2D eigenvalue weighted by Crippen LogP contribution is -2.25. The highest BCUT2D eigenvalue weighted by atomic mass is 32.2. The molecule has 0 aliphatic carbocycles. The zero-order valence-electron chi connectivity index (χ0n) is 14.3. The summed E-state index contributed by atoms with van der Waals surface area (Å²) < 4.78 is 32.9. The second-order valence-electron chi connectivity index (χ2n) is 6.93. The fourth-order valence-corrected chi connectivity index (χ4v) is 3.54. The van der Waals surface area contributed by atoms with Gasteiger partial charge in [0.15, 0.2) is 6.61 Å². The van der Waals surface area contributed by atoms with Crippen molar-refractivity contribution in [3.63, 3.8) is 0 Å². The number of benzene rings is 2. The van der Waals surface area contributed by atoms with Gasteiger partial charge in [0, 0.05) is 0 Å². The third kappa shape index (κ3) is 3.76. The molecule has 0 unspecified atom stereocenters. The maximum Gasteiger partial charge on any atom is 0.262 e. The summed E-state index contributed by atoms with van der Waals surface area (Å²) in [5.74, 6) is 0.238. The van der Waals surface area contributed by atoms with E-state index < -0.39 is 10.0 Å². The lowest BCUT2D eigenvalue weighted by molar-refractivity contribution is -0.118. The van der Waals surface area contributed by atoms with Crippen LogP contribution in [0.1, 0.15) is 26.3 Å². The third-order valence-corrected chi connectivity index (χ3v) is 5.29. The topological polar surface area (TPSA) is 84.5 Å². The Bertz CT molecular complexity index is 913. The highest BCUT2D eigenvalue weighted by Gasteiger charge is 2.20. The zero-order valence-corrected chi connectivity index (χ0v) is 15.1. The minimum Gasteiger partial charge on any atom is -0.482 e. The van der Waals surface area contributed by atoms with E-state index in [1.807, 2.05) is 12.1 Å². The van der Waals surface area contributed by atoms with Crippen LogP contribution in [0.2, 0.25) is 0 Å². The van der Waals surface area contributed by atoms with E-state index in [1.165, 1.54) is 6.07 Å². The van der Waals surface area contributed by atoms with Crippen LogP contribution < -0.4 is 14.8 Å². The normalized spacial score (nSPS) is 14.3. The molecule has 0 bridgehead atoms. The largest absolute Gasteiger partial charge is 0.482 e. The van der Waals surface area contributed by atoms with E-state index >= 15 is 0 Å². The Labute approximate surface area is 147 Å². The van der Waals surface area contributed by atoms with Crippen molar-refractivity contribution in [2.75, 3.05) is 16.6 Å². The molecule has 1 aliphatic heterocycles. The Morgan fingerprint density at radius 2 is 1.76 bits per heavy atom. The molecule has 1 aliphatic rings. The summed E-state index contributed by atoms with van der Waals surface area (Å²) in [6.45, 7) is 6.16.